The molecule has 0 fully saturated rings. The molecule has 0 bridgehead atoms. The molecule has 1 N–H and O–H groups in total. The predicted molar refractivity (Wildman–Crippen MR) is 62.8 cm³/mol. The van der Waals surface area contributed by atoms with E-state index in [4.69, 9.17) is 4.74 Å². The van der Waals surface area contributed by atoms with Crippen molar-refractivity contribution in [3.8, 4) is 0 Å². The number of carbonyl (C=O) groups is 2. The maximum Gasteiger partial charge on any atom is 0.330 e. The zero-order chi connectivity index (χ0) is 12.6. The SMILES string of the molecule is CC(C)CNC(=O)/C=C\C(=O)OCC(C)C. The summed E-state index contributed by atoms with van der Waals surface area (Å²) < 4.78 is 4.87. The minimum atomic E-state index is -0.478. The third kappa shape index (κ3) is 9.24. The maximum absolute atomic E-state index is 11.2. The van der Waals surface area contributed by atoms with Gasteiger partial charge < -0.3 is 10.1 Å². The molecule has 0 atom stereocenters. The number of nitrogens with one attached hydrogen (secondary N) is 1. The van der Waals surface area contributed by atoms with Crippen LogP contribution in [-0.4, -0.2) is 25.0 Å². The summed E-state index contributed by atoms with van der Waals surface area (Å²) in [5, 5.41) is 2.67. The van der Waals surface area contributed by atoms with E-state index in [0.717, 1.165) is 6.08 Å². The van der Waals surface area contributed by atoms with Crippen LogP contribution in [0.4, 0.5) is 0 Å². The molecule has 0 rings (SSSR count). The molecule has 0 aromatic rings. The number of amides is 1. The quantitative estimate of drug-likeness (QED) is 0.553. The monoisotopic (exact) mass is 227 g/mol. The second-order valence-electron chi connectivity index (χ2n) is 4.50. The highest BCUT2D eigenvalue weighted by Crippen LogP contribution is 1.93. The normalized spacial score (nSPS) is 11.1. The van der Waals surface area contributed by atoms with Crippen LogP contribution in [0.2, 0.25) is 0 Å². The van der Waals surface area contributed by atoms with Crippen LogP contribution in [0.1, 0.15) is 27.7 Å². The first-order valence-electron chi connectivity index (χ1n) is 5.54. The molecule has 0 spiro atoms. The minimum absolute atomic E-state index is 0.268. The van der Waals surface area contributed by atoms with Crippen LogP contribution in [0.5, 0.6) is 0 Å². The van der Waals surface area contributed by atoms with Crippen LogP contribution in [0.3, 0.4) is 0 Å². The van der Waals surface area contributed by atoms with E-state index in [2.05, 4.69) is 5.32 Å². The molecule has 0 saturated heterocycles. The summed E-state index contributed by atoms with van der Waals surface area (Å²) >= 11 is 0. The van der Waals surface area contributed by atoms with Gasteiger partial charge in [-0.2, -0.15) is 0 Å². The third-order valence-corrected chi connectivity index (χ3v) is 1.61. The van der Waals surface area contributed by atoms with Crippen LogP contribution in [0, 0.1) is 11.8 Å². The summed E-state index contributed by atoms with van der Waals surface area (Å²) in [4.78, 5) is 22.3. The molecule has 0 aliphatic rings. The van der Waals surface area contributed by atoms with E-state index in [0.29, 0.717) is 25.0 Å². The van der Waals surface area contributed by atoms with Crippen LogP contribution < -0.4 is 5.32 Å². The van der Waals surface area contributed by atoms with Gasteiger partial charge in [-0.1, -0.05) is 27.7 Å². The molecule has 0 aliphatic heterocycles. The Bertz CT molecular complexity index is 231. The van der Waals surface area contributed by atoms with Crippen molar-refractivity contribution >= 4 is 11.9 Å². The molecule has 0 unspecified atom stereocenters. The molecule has 0 aromatic heterocycles. The van der Waals surface area contributed by atoms with Crippen LogP contribution >= 0.6 is 0 Å². The Morgan fingerprint density at radius 3 is 2.25 bits per heavy atom. The van der Waals surface area contributed by atoms with Gasteiger partial charge in [0.2, 0.25) is 5.91 Å². The number of carbonyl (C=O) groups excluding carboxylic acids is 2. The Labute approximate surface area is 97.1 Å². The summed E-state index contributed by atoms with van der Waals surface area (Å²) in [5.41, 5.74) is 0. The lowest BCUT2D eigenvalue weighted by molar-refractivity contribution is -0.139. The Morgan fingerprint density at radius 2 is 1.75 bits per heavy atom. The van der Waals surface area contributed by atoms with E-state index in [1.54, 1.807) is 0 Å². The summed E-state index contributed by atoms with van der Waals surface area (Å²) in [6, 6.07) is 0. The molecule has 0 saturated carbocycles. The van der Waals surface area contributed by atoms with Crippen molar-refractivity contribution in [1.29, 1.82) is 0 Å². The molecule has 1 amide bonds. The van der Waals surface area contributed by atoms with Crippen molar-refractivity contribution in [3.05, 3.63) is 12.2 Å². The number of hydrogen-bond acceptors (Lipinski definition) is 3. The molecule has 0 aromatic carbocycles. The summed E-state index contributed by atoms with van der Waals surface area (Å²) in [6.45, 7) is 8.88. The fourth-order valence-electron chi connectivity index (χ4n) is 0.804. The molecule has 4 nitrogen and oxygen atoms in total. The fraction of sp³-hybridized carbons (Fsp3) is 0.667. The summed E-state index contributed by atoms with van der Waals surface area (Å²) in [7, 11) is 0. The standard InChI is InChI=1S/C12H21NO3/c1-9(2)7-13-11(14)5-6-12(15)16-8-10(3)4/h5-6,9-10H,7-8H2,1-4H3,(H,13,14)/b6-5-. The highest BCUT2D eigenvalue weighted by Gasteiger charge is 2.01. The average molecular weight is 227 g/mol. The topological polar surface area (TPSA) is 55.4 Å². The molecule has 0 radical (unpaired) electrons. The first-order chi connectivity index (χ1) is 7.41. The highest BCUT2D eigenvalue weighted by atomic mass is 16.5. The van der Waals surface area contributed by atoms with Gasteiger partial charge in [0.15, 0.2) is 0 Å². The van der Waals surface area contributed by atoms with Crippen molar-refractivity contribution in [3.63, 3.8) is 0 Å². The van der Waals surface area contributed by atoms with Crippen molar-refractivity contribution in [2.24, 2.45) is 11.8 Å². The lowest BCUT2D eigenvalue weighted by Crippen LogP contribution is -2.25. The molecular formula is C12H21NO3. The molecule has 16 heavy (non-hydrogen) atoms. The van der Waals surface area contributed by atoms with Gasteiger partial charge >= 0.3 is 5.97 Å². The zero-order valence-electron chi connectivity index (χ0n) is 10.4. The van der Waals surface area contributed by atoms with Crippen molar-refractivity contribution in [2.45, 2.75) is 27.7 Å². The average Bonchev–Trinajstić information content (AvgIpc) is 2.20. The van der Waals surface area contributed by atoms with E-state index in [1.807, 2.05) is 27.7 Å². The maximum atomic E-state index is 11.2. The molecular weight excluding hydrogens is 206 g/mol. The molecule has 0 aliphatic carbocycles. The van der Waals surface area contributed by atoms with Crippen LogP contribution in [-0.2, 0) is 14.3 Å². The lowest BCUT2D eigenvalue weighted by Gasteiger charge is -2.05. The van der Waals surface area contributed by atoms with E-state index < -0.39 is 5.97 Å². The predicted octanol–water partition coefficient (Wildman–Crippen LogP) is 1.51. The smallest absolute Gasteiger partial charge is 0.330 e. The third-order valence-electron chi connectivity index (χ3n) is 1.61. The Kier molecular flexibility index (Phi) is 7.25. The first kappa shape index (κ1) is 14.7. The minimum Gasteiger partial charge on any atom is -0.462 e. The van der Waals surface area contributed by atoms with Gasteiger partial charge in [-0.25, -0.2) is 4.79 Å². The molecule has 0 heterocycles. The Morgan fingerprint density at radius 1 is 1.12 bits per heavy atom. The van der Waals surface area contributed by atoms with Gasteiger partial charge in [0, 0.05) is 18.7 Å². The molecule has 4 heteroatoms. The van der Waals surface area contributed by atoms with E-state index in [1.165, 1.54) is 6.08 Å². The summed E-state index contributed by atoms with van der Waals surface area (Å²) in [5.74, 6) is -0.0547. The lowest BCUT2D eigenvalue weighted by atomic mass is 10.2. The van der Waals surface area contributed by atoms with Gasteiger partial charge in [0.1, 0.15) is 0 Å². The number of hydrogen-bond donors (Lipinski definition) is 1. The first-order valence-corrected chi connectivity index (χ1v) is 5.54. The largest absolute Gasteiger partial charge is 0.462 e. The van der Waals surface area contributed by atoms with Gasteiger partial charge in [-0.15, -0.1) is 0 Å². The van der Waals surface area contributed by atoms with Crippen molar-refractivity contribution < 1.29 is 14.3 Å². The van der Waals surface area contributed by atoms with Crippen LogP contribution in [0.25, 0.3) is 0 Å². The second-order valence-corrected chi connectivity index (χ2v) is 4.50. The fourth-order valence-corrected chi connectivity index (χ4v) is 0.804. The Hall–Kier alpha value is -1.32. The van der Waals surface area contributed by atoms with Gasteiger partial charge in [-0.05, 0) is 11.8 Å². The van der Waals surface area contributed by atoms with Crippen molar-refractivity contribution in [1.82, 2.24) is 5.32 Å². The molecule has 92 valence electrons. The summed E-state index contributed by atoms with van der Waals surface area (Å²) in [6.07, 6.45) is 2.35. The van der Waals surface area contributed by atoms with Gasteiger partial charge in [0.05, 0.1) is 6.61 Å². The number of rotatable bonds is 6. The van der Waals surface area contributed by atoms with E-state index in [9.17, 15) is 9.59 Å². The number of ether oxygens (including phenoxy) is 1. The van der Waals surface area contributed by atoms with Crippen LogP contribution in [0.15, 0.2) is 12.2 Å². The van der Waals surface area contributed by atoms with E-state index >= 15 is 0 Å². The van der Waals surface area contributed by atoms with Gasteiger partial charge in [-0.3, -0.25) is 4.79 Å². The Balaban J connectivity index is 3.80. The van der Waals surface area contributed by atoms with E-state index in [-0.39, 0.29) is 5.91 Å². The second kappa shape index (κ2) is 7.91. The van der Waals surface area contributed by atoms with Crippen molar-refractivity contribution in [2.75, 3.05) is 13.2 Å². The highest BCUT2D eigenvalue weighted by molar-refractivity contribution is 5.94. The van der Waals surface area contributed by atoms with Gasteiger partial charge in [0.25, 0.3) is 0 Å². The zero-order valence-corrected chi connectivity index (χ0v) is 10.4. The number of esters is 1.